The van der Waals surface area contributed by atoms with Crippen LogP contribution < -0.4 is 5.32 Å². The maximum atomic E-state index is 12.7. The third-order valence-corrected chi connectivity index (χ3v) is 7.14. The Morgan fingerprint density at radius 1 is 1.12 bits per heavy atom. The zero-order valence-corrected chi connectivity index (χ0v) is 19.8. The van der Waals surface area contributed by atoms with Crippen molar-refractivity contribution in [1.29, 1.82) is 0 Å². The summed E-state index contributed by atoms with van der Waals surface area (Å²) >= 11 is 6.30. The van der Waals surface area contributed by atoms with Gasteiger partial charge in [-0.05, 0) is 61.5 Å². The molecule has 7 nitrogen and oxygen atoms in total. The molecule has 4 rings (SSSR count). The van der Waals surface area contributed by atoms with Crippen LogP contribution in [0.2, 0.25) is 5.02 Å². The number of carbonyl (C=O) groups excluding carboxylic acids is 1. The highest BCUT2D eigenvalue weighted by molar-refractivity contribution is 7.91. The second kappa shape index (κ2) is 10.1. The van der Waals surface area contributed by atoms with Crippen LogP contribution in [0.25, 0.3) is 11.3 Å². The summed E-state index contributed by atoms with van der Waals surface area (Å²) in [4.78, 5) is 22.9. The number of sulfone groups is 1. The Kier molecular flexibility index (Phi) is 6.93. The van der Waals surface area contributed by atoms with Crippen molar-refractivity contribution >= 4 is 39.4 Å². The Balaban J connectivity index is 1.43. The third-order valence-electron chi connectivity index (χ3n) is 5.10. The van der Waals surface area contributed by atoms with E-state index >= 15 is 0 Å². The van der Waals surface area contributed by atoms with Crippen molar-refractivity contribution < 1.29 is 13.2 Å². The maximum Gasteiger partial charge on any atom is 0.255 e. The topological polar surface area (TPSA) is 91.7 Å². The molecule has 1 aliphatic heterocycles. The molecule has 34 heavy (non-hydrogen) atoms. The molecule has 0 saturated heterocycles. The Morgan fingerprint density at radius 3 is 2.59 bits per heavy atom. The number of rotatable bonds is 7. The normalized spacial score (nSPS) is 13.0. The van der Waals surface area contributed by atoms with Gasteiger partial charge >= 0.3 is 0 Å². The lowest BCUT2D eigenvalue weighted by Gasteiger charge is -2.15. The van der Waals surface area contributed by atoms with E-state index in [1.807, 2.05) is 25.1 Å². The Bertz CT molecular complexity index is 1410. The van der Waals surface area contributed by atoms with Crippen molar-refractivity contribution in [2.75, 3.05) is 17.6 Å². The number of anilines is 1. The number of aromatic nitrogens is 1. The summed E-state index contributed by atoms with van der Waals surface area (Å²) in [6.07, 6.45) is 4.91. The highest BCUT2D eigenvalue weighted by Gasteiger charge is 2.17. The summed E-state index contributed by atoms with van der Waals surface area (Å²) in [6, 6.07) is 16.5. The average molecular weight is 493 g/mol. The Labute approximate surface area is 203 Å². The molecule has 9 heteroatoms. The summed E-state index contributed by atoms with van der Waals surface area (Å²) < 4.78 is 25.4. The number of aliphatic imine (C=N–C) groups is 1. The van der Waals surface area contributed by atoms with E-state index in [9.17, 15) is 13.2 Å². The molecular weight excluding hydrogens is 472 g/mol. The van der Waals surface area contributed by atoms with Gasteiger partial charge in [0.1, 0.15) is 0 Å². The van der Waals surface area contributed by atoms with Crippen molar-refractivity contribution in [3.63, 3.8) is 0 Å². The van der Waals surface area contributed by atoms with Crippen LogP contribution in [0.15, 0.2) is 94.4 Å². The van der Waals surface area contributed by atoms with E-state index in [1.165, 1.54) is 24.3 Å². The van der Waals surface area contributed by atoms with Crippen LogP contribution >= 0.6 is 11.6 Å². The Hall–Kier alpha value is -3.71. The maximum absolute atomic E-state index is 12.7. The van der Waals surface area contributed by atoms with E-state index in [4.69, 9.17) is 11.6 Å². The van der Waals surface area contributed by atoms with Gasteiger partial charge < -0.3 is 10.2 Å². The van der Waals surface area contributed by atoms with Crippen LogP contribution in [-0.2, 0) is 9.84 Å². The molecule has 0 unspecified atom stereocenters. The molecular formula is C25H21ClN4O3S. The second-order valence-corrected chi connectivity index (χ2v) is 10.1. The van der Waals surface area contributed by atoms with Gasteiger partial charge in [0, 0.05) is 35.8 Å². The van der Waals surface area contributed by atoms with Crippen molar-refractivity contribution in [3.05, 3.63) is 95.1 Å². The molecule has 0 saturated carbocycles. The molecule has 0 aliphatic carbocycles. The molecule has 0 atom stereocenters. The fourth-order valence-corrected chi connectivity index (χ4v) is 4.66. The molecule has 1 aliphatic rings. The number of hydrogen-bond acceptors (Lipinski definition) is 6. The van der Waals surface area contributed by atoms with Crippen LogP contribution in [0.4, 0.5) is 5.69 Å². The number of nitrogens with zero attached hydrogens (tertiary/aromatic N) is 3. The first-order valence-corrected chi connectivity index (χ1v) is 12.4. The largest absolute Gasteiger partial charge is 0.331 e. The number of pyridine rings is 1. The van der Waals surface area contributed by atoms with Crippen LogP contribution in [0.3, 0.4) is 0 Å². The van der Waals surface area contributed by atoms with E-state index in [1.54, 1.807) is 41.8 Å². The molecule has 1 N–H and O–H groups in total. The standard InChI is InChI=1S/C25H21ClN4O3S/c1-18-11-13-30(17-28-18)14-15-34(32,33)21-8-5-19(6-9-21)25(31)29-20-7-10-23(26)22(16-20)24-4-2-3-12-27-24/h2-10,12-13,16-17H,14-15H2,1H3,(H,29,31). The average Bonchev–Trinajstić information content (AvgIpc) is 2.85. The number of benzene rings is 2. The lowest BCUT2D eigenvalue weighted by atomic mass is 10.1. The van der Waals surface area contributed by atoms with Gasteiger partial charge in [-0.2, -0.15) is 0 Å². The minimum absolute atomic E-state index is 0.0944. The molecule has 0 bridgehead atoms. The lowest BCUT2D eigenvalue weighted by molar-refractivity contribution is 0.102. The van der Waals surface area contributed by atoms with E-state index in [-0.39, 0.29) is 23.1 Å². The molecule has 1 aromatic heterocycles. The third kappa shape index (κ3) is 5.61. The fraction of sp³-hybridized carbons (Fsp3) is 0.120. The van der Waals surface area contributed by atoms with Crippen LogP contribution in [-0.4, -0.2) is 42.8 Å². The van der Waals surface area contributed by atoms with Crippen LogP contribution in [0.5, 0.6) is 0 Å². The molecule has 3 aromatic rings. The molecule has 0 fully saturated rings. The van der Waals surface area contributed by atoms with Gasteiger partial charge in [0.2, 0.25) is 0 Å². The second-order valence-electron chi connectivity index (χ2n) is 7.55. The summed E-state index contributed by atoms with van der Waals surface area (Å²) in [6.45, 7) is 2.06. The number of allylic oxidation sites excluding steroid dienone is 1. The number of hydrogen-bond donors (Lipinski definition) is 1. The van der Waals surface area contributed by atoms with Crippen molar-refractivity contribution in [2.24, 2.45) is 4.99 Å². The first kappa shape index (κ1) is 23.4. The monoisotopic (exact) mass is 492 g/mol. The van der Waals surface area contributed by atoms with E-state index in [0.29, 0.717) is 27.5 Å². The van der Waals surface area contributed by atoms with Gasteiger partial charge in [-0.15, -0.1) is 0 Å². The van der Waals surface area contributed by atoms with Crippen LogP contribution in [0, 0.1) is 0 Å². The molecule has 2 heterocycles. The molecule has 2 aromatic carbocycles. The van der Waals surface area contributed by atoms with Crippen molar-refractivity contribution in [3.8, 4) is 11.3 Å². The fourth-order valence-electron chi connectivity index (χ4n) is 3.21. The van der Waals surface area contributed by atoms with Gasteiger partial charge in [0.15, 0.2) is 9.84 Å². The highest BCUT2D eigenvalue weighted by atomic mass is 35.5. The van der Waals surface area contributed by atoms with Gasteiger partial charge in [-0.25, -0.2) is 13.4 Å². The smallest absolute Gasteiger partial charge is 0.255 e. The van der Waals surface area contributed by atoms with E-state index < -0.39 is 9.84 Å². The number of nitrogens with one attached hydrogen (secondary N) is 1. The Morgan fingerprint density at radius 2 is 1.91 bits per heavy atom. The molecule has 0 spiro atoms. The van der Waals surface area contributed by atoms with Crippen molar-refractivity contribution in [1.82, 2.24) is 9.88 Å². The minimum Gasteiger partial charge on any atom is -0.331 e. The summed E-state index contributed by atoms with van der Waals surface area (Å²) in [5, 5.41) is 3.33. The quantitative estimate of drug-likeness (QED) is 0.479. The highest BCUT2D eigenvalue weighted by Crippen LogP contribution is 2.29. The van der Waals surface area contributed by atoms with Gasteiger partial charge in [0.25, 0.3) is 5.91 Å². The predicted molar refractivity (Wildman–Crippen MR) is 134 cm³/mol. The number of amides is 1. The molecule has 172 valence electrons. The van der Waals surface area contributed by atoms with Gasteiger partial charge in [-0.1, -0.05) is 23.4 Å². The van der Waals surface area contributed by atoms with Crippen LogP contribution in [0.1, 0.15) is 17.3 Å². The number of carbonyl (C=O) groups is 1. The van der Waals surface area contributed by atoms with Gasteiger partial charge in [-0.3, -0.25) is 9.78 Å². The summed E-state index contributed by atoms with van der Waals surface area (Å²) in [7, 11) is -3.53. The first-order valence-electron chi connectivity index (χ1n) is 10.4. The first-order chi connectivity index (χ1) is 16.3. The number of halogens is 1. The van der Waals surface area contributed by atoms with Crippen molar-refractivity contribution in [2.45, 2.75) is 11.8 Å². The predicted octanol–water partition coefficient (Wildman–Crippen LogP) is 4.79. The molecule has 0 radical (unpaired) electrons. The zero-order valence-electron chi connectivity index (χ0n) is 18.3. The minimum atomic E-state index is -3.53. The SMILES string of the molecule is CC1=C=CN(CCS(=O)(=O)c2ccc(C(=O)Nc3ccc(Cl)c(-c4ccccn4)c3)cc2)C=N1. The van der Waals surface area contributed by atoms with Gasteiger partial charge in [0.05, 0.1) is 33.4 Å². The zero-order chi connectivity index (χ0) is 24.1. The lowest BCUT2D eigenvalue weighted by Crippen LogP contribution is -2.24. The summed E-state index contributed by atoms with van der Waals surface area (Å²) in [5.41, 5.74) is 5.94. The van der Waals surface area contributed by atoms with E-state index in [2.05, 4.69) is 21.0 Å². The van der Waals surface area contributed by atoms with E-state index in [0.717, 1.165) is 5.70 Å². The molecule has 1 amide bonds. The summed E-state index contributed by atoms with van der Waals surface area (Å²) in [5.74, 6) is -0.460.